The fraction of sp³-hybridized carbons (Fsp3) is 0.182. The van der Waals surface area contributed by atoms with Crippen LogP contribution >= 0.6 is 0 Å². The van der Waals surface area contributed by atoms with Crippen LogP contribution in [0.3, 0.4) is 0 Å². The fourth-order valence-corrected chi connectivity index (χ4v) is 2.60. The lowest BCUT2D eigenvalue weighted by Gasteiger charge is -2.09. The highest BCUT2D eigenvalue weighted by molar-refractivity contribution is 7.92. The number of anilines is 1. The van der Waals surface area contributed by atoms with Gasteiger partial charge < -0.3 is 9.26 Å². The zero-order chi connectivity index (χ0) is 13.2. The molecule has 0 bridgehead atoms. The summed E-state index contributed by atoms with van der Waals surface area (Å²) in [5.41, 5.74) is 0. The topological polar surface area (TPSA) is 81.4 Å². The predicted octanol–water partition coefficient (Wildman–Crippen LogP) is 1.79. The van der Waals surface area contributed by atoms with Crippen LogP contribution in [0.1, 0.15) is 5.76 Å². The lowest BCUT2D eigenvalue weighted by Crippen LogP contribution is -2.14. The molecule has 0 spiro atoms. The molecular formula is C11H12N2O4S. The predicted molar refractivity (Wildman–Crippen MR) is 65.0 cm³/mol. The van der Waals surface area contributed by atoms with Crippen molar-refractivity contribution in [2.45, 2.75) is 11.8 Å². The average molecular weight is 268 g/mol. The van der Waals surface area contributed by atoms with Crippen LogP contribution in [0, 0.1) is 6.92 Å². The van der Waals surface area contributed by atoms with Gasteiger partial charge in [-0.15, -0.1) is 0 Å². The number of rotatable bonds is 4. The van der Waals surface area contributed by atoms with Crippen molar-refractivity contribution in [2.24, 2.45) is 0 Å². The van der Waals surface area contributed by atoms with Crippen molar-refractivity contribution in [2.75, 3.05) is 11.8 Å². The number of hydrogen-bond donors (Lipinski definition) is 1. The van der Waals surface area contributed by atoms with E-state index in [1.165, 1.54) is 19.2 Å². The van der Waals surface area contributed by atoms with Crippen LogP contribution in [0.25, 0.3) is 0 Å². The number of aromatic nitrogens is 1. The zero-order valence-corrected chi connectivity index (χ0v) is 10.7. The van der Waals surface area contributed by atoms with Gasteiger partial charge in [-0.2, -0.15) is 0 Å². The Hall–Kier alpha value is -2.02. The van der Waals surface area contributed by atoms with E-state index >= 15 is 0 Å². The fourth-order valence-electron chi connectivity index (χ4n) is 1.45. The third-order valence-electron chi connectivity index (χ3n) is 2.23. The quantitative estimate of drug-likeness (QED) is 0.914. The molecule has 0 aliphatic carbocycles. The molecule has 0 amide bonds. The molecule has 7 heteroatoms. The van der Waals surface area contributed by atoms with E-state index in [1.54, 1.807) is 25.1 Å². The van der Waals surface area contributed by atoms with Crippen molar-refractivity contribution >= 4 is 15.8 Å². The van der Waals surface area contributed by atoms with E-state index in [1.807, 2.05) is 0 Å². The van der Waals surface area contributed by atoms with E-state index in [0.717, 1.165) is 0 Å². The van der Waals surface area contributed by atoms with Crippen LogP contribution in [-0.4, -0.2) is 20.7 Å². The molecule has 1 aromatic heterocycles. The summed E-state index contributed by atoms with van der Waals surface area (Å²) in [5, 5.41) is 3.58. The van der Waals surface area contributed by atoms with Crippen LogP contribution < -0.4 is 9.46 Å². The molecule has 2 rings (SSSR count). The second kappa shape index (κ2) is 4.69. The minimum absolute atomic E-state index is 0.0492. The Kier molecular flexibility index (Phi) is 3.24. The summed E-state index contributed by atoms with van der Waals surface area (Å²) in [6.45, 7) is 1.67. The molecule has 1 aromatic carbocycles. The Morgan fingerprint density at radius 3 is 2.67 bits per heavy atom. The monoisotopic (exact) mass is 268 g/mol. The lowest BCUT2D eigenvalue weighted by atomic mass is 10.3. The van der Waals surface area contributed by atoms with Gasteiger partial charge in [0.25, 0.3) is 10.0 Å². The van der Waals surface area contributed by atoms with Crippen molar-refractivity contribution in [3.8, 4) is 5.75 Å². The second-order valence-corrected chi connectivity index (χ2v) is 5.23. The molecule has 0 atom stereocenters. The molecule has 0 aliphatic heterocycles. The number of nitrogens with one attached hydrogen (secondary N) is 1. The van der Waals surface area contributed by atoms with E-state index < -0.39 is 10.0 Å². The van der Waals surface area contributed by atoms with Gasteiger partial charge >= 0.3 is 0 Å². The van der Waals surface area contributed by atoms with Crippen molar-refractivity contribution in [3.05, 3.63) is 36.1 Å². The maximum Gasteiger partial charge on any atom is 0.266 e. The van der Waals surface area contributed by atoms with Gasteiger partial charge in [0.05, 0.1) is 7.11 Å². The summed E-state index contributed by atoms with van der Waals surface area (Å²) in [4.78, 5) is 0.0492. The molecule has 18 heavy (non-hydrogen) atoms. The molecule has 0 aliphatic rings. The zero-order valence-electron chi connectivity index (χ0n) is 9.88. The second-order valence-electron chi connectivity index (χ2n) is 3.58. The SMILES string of the molecule is COc1ccccc1S(=O)(=O)Nc1cc(C)on1. The van der Waals surface area contributed by atoms with Crippen LogP contribution in [0.5, 0.6) is 5.75 Å². The molecule has 1 N–H and O–H groups in total. The van der Waals surface area contributed by atoms with E-state index in [4.69, 9.17) is 9.26 Å². The summed E-state index contributed by atoms with van der Waals surface area (Å²) < 4.78 is 36.4. The Bertz CT molecular complexity index is 649. The molecule has 0 saturated heterocycles. The third-order valence-corrected chi connectivity index (χ3v) is 3.62. The summed E-state index contributed by atoms with van der Waals surface area (Å²) in [6.07, 6.45) is 0. The first-order chi connectivity index (χ1) is 8.53. The molecular weight excluding hydrogens is 256 g/mol. The standard InChI is InChI=1S/C11H12N2O4S/c1-8-7-11(12-17-8)13-18(14,15)10-6-4-3-5-9(10)16-2/h3-7H,1-2H3,(H,12,13). The van der Waals surface area contributed by atoms with Gasteiger partial charge in [0, 0.05) is 6.07 Å². The number of para-hydroxylation sites is 1. The van der Waals surface area contributed by atoms with Crippen molar-refractivity contribution in [1.82, 2.24) is 5.16 Å². The summed E-state index contributed by atoms with van der Waals surface area (Å²) in [5.74, 6) is 0.927. The molecule has 1 heterocycles. The highest BCUT2D eigenvalue weighted by atomic mass is 32.2. The van der Waals surface area contributed by atoms with Crippen molar-refractivity contribution < 1.29 is 17.7 Å². The van der Waals surface area contributed by atoms with E-state index in [9.17, 15) is 8.42 Å². The van der Waals surface area contributed by atoms with Gasteiger partial charge in [0.2, 0.25) is 0 Å². The molecule has 0 saturated carbocycles. The van der Waals surface area contributed by atoms with Gasteiger partial charge in [0.15, 0.2) is 5.82 Å². The van der Waals surface area contributed by atoms with E-state index in [-0.39, 0.29) is 16.5 Å². The number of hydrogen-bond acceptors (Lipinski definition) is 5. The van der Waals surface area contributed by atoms with Gasteiger partial charge in [-0.1, -0.05) is 17.3 Å². The minimum Gasteiger partial charge on any atom is -0.495 e. The maximum absolute atomic E-state index is 12.1. The number of aryl methyl sites for hydroxylation is 1. The highest BCUT2D eigenvalue weighted by Gasteiger charge is 2.20. The van der Waals surface area contributed by atoms with Gasteiger partial charge in [-0.05, 0) is 19.1 Å². The highest BCUT2D eigenvalue weighted by Crippen LogP contribution is 2.24. The molecule has 6 nitrogen and oxygen atoms in total. The van der Waals surface area contributed by atoms with E-state index in [2.05, 4.69) is 9.88 Å². The third kappa shape index (κ3) is 2.45. The molecule has 0 unspecified atom stereocenters. The number of sulfonamides is 1. The maximum atomic E-state index is 12.1. The first-order valence-corrected chi connectivity index (χ1v) is 6.60. The Morgan fingerprint density at radius 2 is 2.06 bits per heavy atom. The Labute approximate surface area is 105 Å². The summed E-state index contributed by atoms with van der Waals surface area (Å²) in [6, 6.07) is 7.83. The summed E-state index contributed by atoms with van der Waals surface area (Å²) >= 11 is 0. The van der Waals surface area contributed by atoms with Gasteiger partial charge in [-0.25, -0.2) is 8.42 Å². The average Bonchev–Trinajstić information content (AvgIpc) is 2.74. The number of ether oxygens (including phenoxy) is 1. The van der Waals surface area contributed by atoms with Crippen LogP contribution in [-0.2, 0) is 10.0 Å². The Balaban J connectivity index is 2.36. The van der Waals surface area contributed by atoms with E-state index in [0.29, 0.717) is 5.76 Å². The Morgan fingerprint density at radius 1 is 1.33 bits per heavy atom. The first kappa shape index (κ1) is 12.4. The van der Waals surface area contributed by atoms with Gasteiger partial charge in [-0.3, -0.25) is 4.72 Å². The smallest absolute Gasteiger partial charge is 0.266 e. The first-order valence-electron chi connectivity index (χ1n) is 5.12. The van der Waals surface area contributed by atoms with Crippen LogP contribution in [0.4, 0.5) is 5.82 Å². The number of benzene rings is 1. The lowest BCUT2D eigenvalue weighted by molar-refractivity contribution is 0.399. The van der Waals surface area contributed by atoms with Crippen LogP contribution in [0.15, 0.2) is 39.8 Å². The number of methoxy groups -OCH3 is 1. The normalized spacial score (nSPS) is 11.2. The largest absolute Gasteiger partial charge is 0.495 e. The number of nitrogens with zero attached hydrogens (tertiary/aromatic N) is 1. The summed E-state index contributed by atoms with van der Waals surface area (Å²) in [7, 11) is -2.33. The van der Waals surface area contributed by atoms with Gasteiger partial charge in [0.1, 0.15) is 16.4 Å². The van der Waals surface area contributed by atoms with Crippen molar-refractivity contribution in [3.63, 3.8) is 0 Å². The van der Waals surface area contributed by atoms with Crippen molar-refractivity contribution in [1.29, 1.82) is 0 Å². The minimum atomic E-state index is -3.74. The molecule has 0 radical (unpaired) electrons. The van der Waals surface area contributed by atoms with Crippen LogP contribution in [0.2, 0.25) is 0 Å². The molecule has 0 fully saturated rings. The molecule has 2 aromatic rings. The molecule has 96 valence electrons.